The van der Waals surface area contributed by atoms with Crippen molar-refractivity contribution in [2.75, 3.05) is 0 Å². The minimum Gasteiger partial charge on any atom is -0.0622 e. The predicted molar refractivity (Wildman–Crippen MR) is 110 cm³/mol. The van der Waals surface area contributed by atoms with E-state index in [0.29, 0.717) is 0 Å². The summed E-state index contributed by atoms with van der Waals surface area (Å²) < 4.78 is 1.11. The molecule has 0 spiro atoms. The van der Waals surface area contributed by atoms with Crippen molar-refractivity contribution < 1.29 is 0 Å². The number of halogens is 1. The minimum atomic E-state index is 1.11. The standard InChI is InChI=1S/C24H17Br/c25-24-17-22(15-16-23(24)21-9-5-2-6-10-21)20-13-11-19(12-14-20)18-7-3-1-4-8-18/h1-17H. The lowest BCUT2D eigenvalue weighted by Crippen LogP contribution is -1.83. The van der Waals surface area contributed by atoms with Gasteiger partial charge in [-0.25, -0.2) is 0 Å². The summed E-state index contributed by atoms with van der Waals surface area (Å²) >= 11 is 3.73. The molecule has 0 bridgehead atoms. The summed E-state index contributed by atoms with van der Waals surface area (Å²) in [7, 11) is 0. The van der Waals surface area contributed by atoms with Gasteiger partial charge in [0.1, 0.15) is 0 Å². The van der Waals surface area contributed by atoms with Crippen LogP contribution < -0.4 is 0 Å². The van der Waals surface area contributed by atoms with Crippen LogP contribution in [0.15, 0.2) is 108 Å². The predicted octanol–water partition coefficient (Wildman–Crippen LogP) is 7.45. The molecule has 0 amide bonds. The molecule has 0 aliphatic rings. The van der Waals surface area contributed by atoms with E-state index in [-0.39, 0.29) is 0 Å². The zero-order valence-corrected chi connectivity index (χ0v) is 15.3. The zero-order chi connectivity index (χ0) is 17.1. The average Bonchev–Trinajstić information content (AvgIpc) is 2.69. The van der Waals surface area contributed by atoms with Gasteiger partial charge < -0.3 is 0 Å². The van der Waals surface area contributed by atoms with E-state index in [1.807, 2.05) is 12.1 Å². The lowest BCUT2D eigenvalue weighted by molar-refractivity contribution is 1.55. The fraction of sp³-hybridized carbons (Fsp3) is 0. The average molecular weight is 385 g/mol. The molecule has 0 aliphatic heterocycles. The van der Waals surface area contributed by atoms with Crippen LogP contribution in [0.3, 0.4) is 0 Å². The molecular formula is C24H17Br. The summed E-state index contributed by atoms with van der Waals surface area (Å²) in [5.74, 6) is 0. The summed E-state index contributed by atoms with van der Waals surface area (Å²) in [4.78, 5) is 0. The van der Waals surface area contributed by atoms with Crippen LogP contribution >= 0.6 is 15.9 Å². The Kier molecular flexibility index (Phi) is 4.49. The summed E-state index contributed by atoms with van der Waals surface area (Å²) in [6.07, 6.45) is 0. The Labute approximate surface area is 156 Å². The van der Waals surface area contributed by atoms with Crippen molar-refractivity contribution in [1.29, 1.82) is 0 Å². The van der Waals surface area contributed by atoms with E-state index in [1.165, 1.54) is 33.4 Å². The van der Waals surface area contributed by atoms with Crippen LogP contribution in [0.5, 0.6) is 0 Å². The highest BCUT2D eigenvalue weighted by atomic mass is 79.9. The molecule has 0 unspecified atom stereocenters. The molecular weight excluding hydrogens is 368 g/mol. The maximum Gasteiger partial charge on any atom is 0.0259 e. The molecule has 0 N–H and O–H groups in total. The second kappa shape index (κ2) is 7.08. The van der Waals surface area contributed by atoms with Crippen molar-refractivity contribution in [1.82, 2.24) is 0 Å². The normalized spacial score (nSPS) is 10.6. The molecule has 0 aliphatic carbocycles. The maximum atomic E-state index is 3.73. The van der Waals surface area contributed by atoms with Crippen LogP contribution in [0.1, 0.15) is 0 Å². The van der Waals surface area contributed by atoms with Gasteiger partial charge in [-0.15, -0.1) is 0 Å². The van der Waals surface area contributed by atoms with Crippen molar-refractivity contribution in [3.05, 3.63) is 108 Å². The van der Waals surface area contributed by atoms with Gasteiger partial charge in [0.2, 0.25) is 0 Å². The second-order valence-electron chi connectivity index (χ2n) is 6.00. The first-order valence-electron chi connectivity index (χ1n) is 8.32. The third kappa shape index (κ3) is 3.42. The molecule has 0 saturated heterocycles. The molecule has 4 aromatic carbocycles. The van der Waals surface area contributed by atoms with E-state index in [2.05, 4.69) is 107 Å². The van der Waals surface area contributed by atoms with E-state index in [1.54, 1.807) is 0 Å². The molecule has 4 aromatic rings. The lowest BCUT2D eigenvalue weighted by atomic mass is 9.98. The van der Waals surface area contributed by atoms with E-state index >= 15 is 0 Å². The summed E-state index contributed by atoms with van der Waals surface area (Å²) in [6, 6.07) is 36.2. The van der Waals surface area contributed by atoms with Crippen molar-refractivity contribution >= 4 is 15.9 Å². The van der Waals surface area contributed by atoms with Crippen LogP contribution in [0, 0.1) is 0 Å². The van der Waals surface area contributed by atoms with Gasteiger partial charge in [0, 0.05) is 4.47 Å². The van der Waals surface area contributed by atoms with Crippen molar-refractivity contribution in [2.45, 2.75) is 0 Å². The summed E-state index contributed by atoms with van der Waals surface area (Å²) in [6.45, 7) is 0. The molecule has 0 nitrogen and oxygen atoms in total. The number of hydrogen-bond donors (Lipinski definition) is 0. The molecule has 120 valence electrons. The monoisotopic (exact) mass is 384 g/mol. The fourth-order valence-corrected chi connectivity index (χ4v) is 3.64. The van der Waals surface area contributed by atoms with Crippen molar-refractivity contribution in [3.63, 3.8) is 0 Å². The Morgan fingerprint density at radius 1 is 0.400 bits per heavy atom. The smallest absolute Gasteiger partial charge is 0.0259 e. The molecule has 0 radical (unpaired) electrons. The number of rotatable bonds is 3. The fourth-order valence-electron chi connectivity index (χ4n) is 3.03. The van der Waals surface area contributed by atoms with Crippen LogP contribution in [-0.4, -0.2) is 0 Å². The van der Waals surface area contributed by atoms with Crippen LogP contribution in [-0.2, 0) is 0 Å². The summed E-state index contributed by atoms with van der Waals surface area (Å²) in [5.41, 5.74) is 7.36. The lowest BCUT2D eigenvalue weighted by Gasteiger charge is -2.09. The minimum absolute atomic E-state index is 1.11. The Morgan fingerprint density at radius 2 is 0.840 bits per heavy atom. The van der Waals surface area contributed by atoms with Crippen LogP contribution in [0.25, 0.3) is 33.4 Å². The highest BCUT2D eigenvalue weighted by molar-refractivity contribution is 9.10. The van der Waals surface area contributed by atoms with Gasteiger partial charge in [0.05, 0.1) is 0 Å². The Morgan fingerprint density at radius 3 is 1.40 bits per heavy atom. The Bertz CT molecular complexity index is 971. The molecule has 0 fully saturated rings. The molecule has 1 heteroatoms. The molecule has 0 heterocycles. The van der Waals surface area contributed by atoms with E-state index in [0.717, 1.165) is 4.47 Å². The Balaban J connectivity index is 1.65. The molecule has 25 heavy (non-hydrogen) atoms. The van der Waals surface area contributed by atoms with Gasteiger partial charge in [-0.1, -0.05) is 113 Å². The topological polar surface area (TPSA) is 0 Å². The number of benzene rings is 4. The molecule has 4 rings (SSSR count). The van der Waals surface area contributed by atoms with Crippen LogP contribution in [0.4, 0.5) is 0 Å². The molecule has 0 aromatic heterocycles. The first-order valence-corrected chi connectivity index (χ1v) is 9.11. The van der Waals surface area contributed by atoms with Crippen molar-refractivity contribution in [2.24, 2.45) is 0 Å². The second-order valence-corrected chi connectivity index (χ2v) is 6.86. The van der Waals surface area contributed by atoms with E-state index in [9.17, 15) is 0 Å². The SMILES string of the molecule is Brc1cc(-c2ccc(-c3ccccc3)cc2)ccc1-c1ccccc1. The first kappa shape index (κ1) is 15.9. The molecule has 0 saturated carbocycles. The third-order valence-corrected chi connectivity index (χ3v) is 5.04. The van der Waals surface area contributed by atoms with Crippen LogP contribution in [0.2, 0.25) is 0 Å². The third-order valence-electron chi connectivity index (χ3n) is 4.38. The Hall–Kier alpha value is -2.64. The van der Waals surface area contributed by atoms with Crippen molar-refractivity contribution in [3.8, 4) is 33.4 Å². The molecule has 0 atom stereocenters. The first-order chi connectivity index (χ1) is 12.3. The number of hydrogen-bond acceptors (Lipinski definition) is 0. The van der Waals surface area contributed by atoms with Gasteiger partial charge in [-0.2, -0.15) is 0 Å². The quantitative estimate of drug-likeness (QED) is 0.344. The largest absolute Gasteiger partial charge is 0.0622 e. The highest BCUT2D eigenvalue weighted by Crippen LogP contribution is 2.33. The highest BCUT2D eigenvalue weighted by Gasteiger charge is 2.06. The zero-order valence-electron chi connectivity index (χ0n) is 13.7. The van der Waals surface area contributed by atoms with Gasteiger partial charge in [-0.05, 0) is 39.4 Å². The van der Waals surface area contributed by atoms with E-state index < -0.39 is 0 Å². The maximum absolute atomic E-state index is 3.73. The van der Waals surface area contributed by atoms with Gasteiger partial charge in [0.15, 0.2) is 0 Å². The van der Waals surface area contributed by atoms with Gasteiger partial charge in [-0.3, -0.25) is 0 Å². The van der Waals surface area contributed by atoms with Gasteiger partial charge in [0.25, 0.3) is 0 Å². The van der Waals surface area contributed by atoms with Gasteiger partial charge >= 0.3 is 0 Å². The van der Waals surface area contributed by atoms with E-state index in [4.69, 9.17) is 0 Å². The summed E-state index contributed by atoms with van der Waals surface area (Å²) in [5, 5.41) is 0.